The number of halogens is 1. The molecule has 1 aromatic carbocycles. The van der Waals surface area contributed by atoms with Crippen molar-refractivity contribution in [1.82, 2.24) is 4.98 Å². The van der Waals surface area contributed by atoms with Gasteiger partial charge in [0.15, 0.2) is 0 Å². The van der Waals surface area contributed by atoms with Crippen LogP contribution < -0.4 is 15.2 Å². The minimum Gasteiger partial charge on any atom is -0.488 e. The highest BCUT2D eigenvalue weighted by molar-refractivity contribution is 6.30. The topological polar surface area (TPSA) is 57.4 Å². The molecule has 0 unspecified atom stereocenters. The zero-order valence-corrected chi connectivity index (χ0v) is 12.2. The lowest BCUT2D eigenvalue weighted by Gasteiger charge is -2.15. The Bertz CT molecular complexity index is 588. The Morgan fingerprint density at radius 1 is 1.35 bits per heavy atom. The number of hydrogen-bond donors (Lipinski definition) is 1. The molecule has 106 valence electrons. The molecule has 0 aliphatic rings. The highest BCUT2D eigenvalue weighted by Gasteiger charge is 2.10. The summed E-state index contributed by atoms with van der Waals surface area (Å²) in [5, 5.41) is 0.642. The molecule has 0 saturated heterocycles. The van der Waals surface area contributed by atoms with Gasteiger partial charge in [0.25, 0.3) is 0 Å². The van der Waals surface area contributed by atoms with Crippen LogP contribution in [-0.2, 0) is 6.61 Å². The molecule has 1 atom stereocenters. The zero-order chi connectivity index (χ0) is 14.5. The van der Waals surface area contributed by atoms with Crippen LogP contribution in [0.15, 0.2) is 36.5 Å². The van der Waals surface area contributed by atoms with Crippen LogP contribution in [0.4, 0.5) is 0 Å². The third-order valence-electron chi connectivity index (χ3n) is 2.89. The summed E-state index contributed by atoms with van der Waals surface area (Å²) >= 11 is 5.98. The van der Waals surface area contributed by atoms with Crippen molar-refractivity contribution in [2.75, 3.05) is 7.11 Å². The maximum Gasteiger partial charge on any atom is 0.219 e. The summed E-state index contributed by atoms with van der Waals surface area (Å²) in [5.74, 6) is 1.28. The number of rotatable bonds is 5. The Morgan fingerprint density at radius 3 is 2.85 bits per heavy atom. The van der Waals surface area contributed by atoms with Crippen molar-refractivity contribution in [3.8, 4) is 11.6 Å². The molecule has 1 heterocycles. The fourth-order valence-corrected chi connectivity index (χ4v) is 2.06. The number of methoxy groups -OCH3 is 1. The molecule has 2 rings (SSSR count). The van der Waals surface area contributed by atoms with Crippen LogP contribution in [0.2, 0.25) is 5.02 Å². The van der Waals surface area contributed by atoms with E-state index >= 15 is 0 Å². The van der Waals surface area contributed by atoms with E-state index in [4.69, 9.17) is 26.8 Å². The second kappa shape index (κ2) is 6.59. The largest absolute Gasteiger partial charge is 0.488 e. The molecule has 0 radical (unpaired) electrons. The van der Waals surface area contributed by atoms with Gasteiger partial charge in [-0.1, -0.05) is 11.6 Å². The molecule has 0 spiro atoms. The number of ether oxygens (including phenoxy) is 2. The first kappa shape index (κ1) is 14.6. The van der Waals surface area contributed by atoms with E-state index < -0.39 is 0 Å². The molecule has 0 aliphatic carbocycles. The van der Waals surface area contributed by atoms with Gasteiger partial charge >= 0.3 is 0 Å². The molecule has 2 aromatic rings. The van der Waals surface area contributed by atoms with E-state index in [2.05, 4.69) is 4.98 Å². The predicted octanol–water partition coefficient (Wildman–Crippen LogP) is 3.34. The van der Waals surface area contributed by atoms with Crippen LogP contribution in [0, 0.1) is 0 Å². The standard InChI is InChI=1S/C15H17ClN2O2/c1-10(17)13-8-12(16)5-6-14(13)20-9-11-4-3-7-18-15(11)19-2/h3-8,10H,9,17H2,1-2H3/t10-/m0/s1. The minimum absolute atomic E-state index is 0.153. The van der Waals surface area contributed by atoms with Gasteiger partial charge in [0, 0.05) is 22.8 Å². The number of nitrogens with two attached hydrogens (primary N) is 1. The van der Waals surface area contributed by atoms with Crippen LogP contribution in [-0.4, -0.2) is 12.1 Å². The Morgan fingerprint density at radius 2 is 2.15 bits per heavy atom. The monoisotopic (exact) mass is 292 g/mol. The van der Waals surface area contributed by atoms with Crippen molar-refractivity contribution in [3.05, 3.63) is 52.7 Å². The number of pyridine rings is 1. The summed E-state index contributed by atoms with van der Waals surface area (Å²) < 4.78 is 11.0. The third kappa shape index (κ3) is 3.40. The summed E-state index contributed by atoms with van der Waals surface area (Å²) in [4.78, 5) is 4.13. The smallest absolute Gasteiger partial charge is 0.219 e. The molecular formula is C15H17ClN2O2. The fourth-order valence-electron chi connectivity index (χ4n) is 1.88. The molecule has 0 fully saturated rings. The van der Waals surface area contributed by atoms with Crippen LogP contribution in [0.3, 0.4) is 0 Å². The van der Waals surface area contributed by atoms with Gasteiger partial charge in [0.05, 0.1) is 12.7 Å². The number of nitrogens with zero attached hydrogens (tertiary/aromatic N) is 1. The molecule has 0 bridgehead atoms. The molecule has 2 N–H and O–H groups in total. The third-order valence-corrected chi connectivity index (χ3v) is 3.12. The molecule has 0 saturated carbocycles. The number of aromatic nitrogens is 1. The number of benzene rings is 1. The van der Waals surface area contributed by atoms with Crippen LogP contribution in [0.25, 0.3) is 0 Å². The molecule has 5 heteroatoms. The van der Waals surface area contributed by atoms with Gasteiger partial charge in [0.2, 0.25) is 5.88 Å². The van der Waals surface area contributed by atoms with Crippen molar-refractivity contribution in [3.63, 3.8) is 0 Å². The van der Waals surface area contributed by atoms with Gasteiger partial charge in [0.1, 0.15) is 12.4 Å². The highest BCUT2D eigenvalue weighted by atomic mass is 35.5. The lowest BCUT2D eigenvalue weighted by Crippen LogP contribution is -2.08. The Kier molecular flexibility index (Phi) is 4.82. The Labute approximate surface area is 123 Å². The van der Waals surface area contributed by atoms with Gasteiger partial charge in [-0.25, -0.2) is 4.98 Å². The maximum absolute atomic E-state index is 5.98. The van der Waals surface area contributed by atoms with Gasteiger partial charge in [-0.05, 0) is 37.3 Å². The van der Waals surface area contributed by atoms with Crippen molar-refractivity contribution >= 4 is 11.6 Å². The average Bonchev–Trinajstić information content (AvgIpc) is 2.46. The van der Waals surface area contributed by atoms with E-state index in [0.717, 1.165) is 16.9 Å². The van der Waals surface area contributed by atoms with E-state index in [9.17, 15) is 0 Å². The molecule has 20 heavy (non-hydrogen) atoms. The van der Waals surface area contributed by atoms with Crippen LogP contribution in [0.5, 0.6) is 11.6 Å². The van der Waals surface area contributed by atoms with E-state index in [1.807, 2.05) is 31.2 Å². The Balaban J connectivity index is 2.19. The number of hydrogen-bond acceptors (Lipinski definition) is 4. The first-order valence-corrected chi connectivity index (χ1v) is 6.65. The van der Waals surface area contributed by atoms with Gasteiger partial charge < -0.3 is 15.2 Å². The van der Waals surface area contributed by atoms with Crippen molar-refractivity contribution in [1.29, 1.82) is 0 Å². The molecule has 1 aromatic heterocycles. The highest BCUT2D eigenvalue weighted by Crippen LogP contribution is 2.28. The second-order valence-electron chi connectivity index (χ2n) is 4.43. The SMILES string of the molecule is COc1ncccc1COc1ccc(Cl)cc1[C@H](C)N. The van der Waals surface area contributed by atoms with Crippen molar-refractivity contribution < 1.29 is 9.47 Å². The van der Waals surface area contributed by atoms with Crippen LogP contribution in [0.1, 0.15) is 24.1 Å². The fraction of sp³-hybridized carbons (Fsp3) is 0.267. The average molecular weight is 293 g/mol. The normalized spacial score (nSPS) is 12.0. The summed E-state index contributed by atoms with van der Waals surface area (Å²) in [6, 6.07) is 9.03. The summed E-state index contributed by atoms with van der Waals surface area (Å²) in [7, 11) is 1.58. The second-order valence-corrected chi connectivity index (χ2v) is 4.87. The van der Waals surface area contributed by atoms with Crippen molar-refractivity contribution in [2.45, 2.75) is 19.6 Å². The molecule has 0 amide bonds. The Hall–Kier alpha value is -1.78. The van der Waals surface area contributed by atoms with E-state index in [0.29, 0.717) is 17.5 Å². The minimum atomic E-state index is -0.153. The lowest BCUT2D eigenvalue weighted by molar-refractivity contribution is 0.290. The predicted molar refractivity (Wildman–Crippen MR) is 79.2 cm³/mol. The lowest BCUT2D eigenvalue weighted by atomic mass is 10.1. The maximum atomic E-state index is 5.98. The van der Waals surface area contributed by atoms with Gasteiger partial charge in [-0.3, -0.25) is 0 Å². The molecule has 0 aliphatic heterocycles. The van der Waals surface area contributed by atoms with E-state index in [-0.39, 0.29) is 6.04 Å². The van der Waals surface area contributed by atoms with Crippen LogP contribution >= 0.6 is 11.6 Å². The van der Waals surface area contributed by atoms with E-state index in [1.165, 1.54) is 0 Å². The van der Waals surface area contributed by atoms with E-state index in [1.54, 1.807) is 19.4 Å². The summed E-state index contributed by atoms with van der Waals surface area (Å²) in [6.45, 7) is 2.25. The first-order chi connectivity index (χ1) is 9.61. The van der Waals surface area contributed by atoms with Crippen molar-refractivity contribution in [2.24, 2.45) is 5.73 Å². The summed E-state index contributed by atoms with van der Waals surface area (Å²) in [6.07, 6.45) is 1.68. The first-order valence-electron chi connectivity index (χ1n) is 6.27. The zero-order valence-electron chi connectivity index (χ0n) is 11.5. The quantitative estimate of drug-likeness (QED) is 0.918. The molecule has 4 nitrogen and oxygen atoms in total. The summed E-state index contributed by atoms with van der Waals surface area (Å²) in [5.41, 5.74) is 7.68. The van der Waals surface area contributed by atoms with Gasteiger partial charge in [-0.15, -0.1) is 0 Å². The van der Waals surface area contributed by atoms with Gasteiger partial charge in [-0.2, -0.15) is 0 Å². The molecular weight excluding hydrogens is 276 g/mol.